The van der Waals surface area contributed by atoms with E-state index in [1.165, 1.54) is 88.4 Å². The molecule has 63 heavy (non-hydrogen) atoms. The highest BCUT2D eigenvalue weighted by molar-refractivity contribution is 8.76. The van der Waals surface area contributed by atoms with Gasteiger partial charge in [0, 0.05) is 24.0 Å². The summed E-state index contributed by atoms with van der Waals surface area (Å²) in [5.74, 6) is 0.501. The number of nitrogens with zero attached hydrogens (tertiary/aromatic N) is 2. The Kier molecular flexibility index (Phi) is 40.5. The van der Waals surface area contributed by atoms with Gasteiger partial charge in [-0.15, -0.1) is 0 Å². The van der Waals surface area contributed by atoms with Crippen molar-refractivity contribution in [2.24, 2.45) is 11.8 Å². The zero-order valence-electron chi connectivity index (χ0n) is 41.3. The fraction of sp³-hybridized carbons (Fsp3) is 0.922. The molecule has 10 nitrogen and oxygen atoms in total. The molecule has 3 unspecified atom stereocenters. The Balaban J connectivity index is 2.68. The zero-order valence-corrected chi connectivity index (χ0v) is 42.9. The van der Waals surface area contributed by atoms with E-state index in [2.05, 4.69) is 39.5 Å². The fourth-order valence-corrected chi connectivity index (χ4v) is 10.1. The predicted molar refractivity (Wildman–Crippen MR) is 265 cm³/mol. The van der Waals surface area contributed by atoms with Crippen molar-refractivity contribution in [2.45, 2.75) is 227 Å². The molecule has 1 saturated heterocycles. The lowest BCUT2D eigenvalue weighted by molar-refractivity contribution is -0.150. The number of carbonyl (C=O) groups is 4. The number of unbranched alkanes of at least 4 members (excludes halogenated alkanes) is 15. The van der Waals surface area contributed by atoms with Crippen LogP contribution in [-0.2, 0) is 33.3 Å². The van der Waals surface area contributed by atoms with E-state index >= 15 is 0 Å². The molecule has 0 aromatic heterocycles. The lowest BCUT2D eigenvalue weighted by Crippen LogP contribution is -2.39. The van der Waals surface area contributed by atoms with Gasteiger partial charge in [0.05, 0.1) is 24.9 Å². The van der Waals surface area contributed by atoms with Crippen LogP contribution in [0.15, 0.2) is 0 Å². The van der Waals surface area contributed by atoms with Crippen LogP contribution >= 0.6 is 21.6 Å². The van der Waals surface area contributed by atoms with E-state index in [1.807, 2.05) is 0 Å². The van der Waals surface area contributed by atoms with Crippen molar-refractivity contribution in [2.75, 3.05) is 64.1 Å². The Labute approximate surface area is 394 Å². The Bertz CT molecular complexity index is 1120. The summed E-state index contributed by atoms with van der Waals surface area (Å²) in [4.78, 5) is 56.5. The number of hydrogen-bond donors (Lipinski definition) is 0. The number of hydrogen-bond acceptors (Lipinski definition) is 11. The molecule has 0 spiro atoms. The van der Waals surface area contributed by atoms with E-state index in [1.54, 1.807) is 21.6 Å². The van der Waals surface area contributed by atoms with Crippen LogP contribution in [-0.4, -0.2) is 104 Å². The van der Waals surface area contributed by atoms with Crippen LogP contribution < -0.4 is 0 Å². The monoisotopic (exact) mass is 929 g/mol. The lowest BCUT2D eigenvalue weighted by atomic mass is 9.94. The SMILES string of the molecule is CCCCCCCCC(CCCCCC)C(=O)OCCN(CCOC(=O)C(CCCCCC)CCCCCCC)C(=O)OCCSSCCOC(=O)CCCN1CCCCC1CC. The van der Waals surface area contributed by atoms with Crippen LogP contribution in [0.5, 0.6) is 0 Å². The quantitative estimate of drug-likeness (QED) is 0.0252. The minimum atomic E-state index is -0.508. The summed E-state index contributed by atoms with van der Waals surface area (Å²) >= 11 is 0. The van der Waals surface area contributed by atoms with Gasteiger partial charge in [-0.25, -0.2) is 4.79 Å². The van der Waals surface area contributed by atoms with Gasteiger partial charge in [0.2, 0.25) is 0 Å². The second-order valence-electron chi connectivity index (χ2n) is 17.9. The summed E-state index contributed by atoms with van der Waals surface area (Å²) in [6, 6.07) is 0.652. The molecular formula is C51H96N2O8S2. The first-order chi connectivity index (χ1) is 30.8. The van der Waals surface area contributed by atoms with Gasteiger partial charge in [-0.05, 0) is 64.5 Å². The van der Waals surface area contributed by atoms with Crippen molar-refractivity contribution >= 4 is 45.6 Å². The average Bonchev–Trinajstić information content (AvgIpc) is 3.29. The van der Waals surface area contributed by atoms with Gasteiger partial charge >= 0.3 is 24.0 Å². The maximum absolute atomic E-state index is 13.4. The number of likely N-dealkylation sites (tertiary alicyclic amines) is 1. The first-order valence-electron chi connectivity index (χ1n) is 26.2. The summed E-state index contributed by atoms with van der Waals surface area (Å²) in [5.41, 5.74) is 0. The normalized spacial score (nSPS) is 15.2. The second kappa shape index (κ2) is 42.9. The highest BCUT2D eigenvalue weighted by Crippen LogP contribution is 2.24. The molecule has 0 radical (unpaired) electrons. The second-order valence-corrected chi connectivity index (χ2v) is 20.6. The topological polar surface area (TPSA) is 112 Å². The molecule has 1 fully saturated rings. The lowest BCUT2D eigenvalue weighted by Gasteiger charge is -2.35. The minimum Gasteiger partial charge on any atom is -0.465 e. The minimum absolute atomic E-state index is 0.0715. The maximum Gasteiger partial charge on any atom is 0.410 e. The summed E-state index contributed by atoms with van der Waals surface area (Å²) in [7, 11) is 3.16. The van der Waals surface area contributed by atoms with Gasteiger partial charge in [0.25, 0.3) is 0 Å². The van der Waals surface area contributed by atoms with E-state index in [-0.39, 0.29) is 62.7 Å². The van der Waals surface area contributed by atoms with Crippen LogP contribution in [0.4, 0.5) is 4.79 Å². The van der Waals surface area contributed by atoms with Crippen LogP contribution in [0.3, 0.4) is 0 Å². The Morgan fingerprint density at radius 2 is 0.984 bits per heavy atom. The molecule has 0 aromatic carbocycles. The Hall–Kier alpha value is -1.66. The number of rotatable bonds is 43. The zero-order chi connectivity index (χ0) is 46.0. The third-order valence-electron chi connectivity index (χ3n) is 12.5. The van der Waals surface area contributed by atoms with Gasteiger partial charge in [0.1, 0.15) is 26.4 Å². The third kappa shape index (κ3) is 32.6. The van der Waals surface area contributed by atoms with Gasteiger partial charge in [-0.3, -0.25) is 14.4 Å². The Morgan fingerprint density at radius 1 is 0.540 bits per heavy atom. The van der Waals surface area contributed by atoms with Crippen LogP contribution in [0, 0.1) is 11.8 Å². The van der Waals surface area contributed by atoms with E-state index in [0.29, 0.717) is 30.6 Å². The first kappa shape index (κ1) is 59.4. The molecule has 1 amide bonds. The summed E-state index contributed by atoms with van der Waals surface area (Å²) in [5, 5.41) is 0. The van der Waals surface area contributed by atoms with Gasteiger partial charge in [-0.2, -0.15) is 0 Å². The molecule has 0 N–H and O–H groups in total. The summed E-state index contributed by atoms with van der Waals surface area (Å²) in [6.07, 6.45) is 30.9. The van der Waals surface area contributed by atoms with Gasteiger partial charge in [0.15, 0.2) is 0 Å². The standard InChI is InChI=1S/C51H96N2O8S2/c1-6-11-15-19-21-25-32-46(30-23-18-14-9-4)50(56)60-40-38-53(37-39-59-49(55)45(29-22-17-13-8-3)31-24-20-16-12-7-2)51(57)61-42-44-63-62-43-41-58-48(54)34-28-36-52-35-27-26-33-47(52)10-5/h45-47H,6-44H2,1-5H3. The molecule has 12 heteroatoms. The molecule has 0 saturated carbocycles. The van der Waals surface area contributed by atoms with Crippen molar-refractivity contribution in [3.05, 3.63) is 0 Å². The molecule has 0 bridgehead atoms. The molecule has 0 aliphatic carbocycles. The summed E-state index contributed by atoms with van der Waals surface area (Å²) < 4.78 is 22.9. The fourth-order valence-electron chi connectivity index (χ4n) is 8.48. The molecule has 1 aliphatic rings. The third-order valence-corrected chi connectivity index (χ3v) is 14.8. The first-order valence-corrected chi connectivity index (χ1v) is 28.7. The van der Waals surface area contributed by atoms with E-state index in [4.69, 9.17) is 18.9 Å². The molecule has 0 aromatic rings. The number of piperidine rings is 1. The largest absolute Gasteiger partial charge is 0.465 e. The molecular weight excluding hydrogens is 833 g/mol. The molecule has 370 valence electrons. The van der Waals surface area contributed by atoms with Crippen LogP contribution in [0.1, 0.15) is 221 Å². The summed E-state index contributed by atoms with van der Waals surface area (Å²) in [6.45, 7) is 14.2. The number of esters is 3. The number of amides is 1. The van der Waals surface area contributed by atoms with Crippen LogP contribution in [0.2, 0.25) is 0 Å². The predicted octanol–water partition coefficient (Wildman–Crippen LogP) is 13.8. The molecule has 1 rings (SSSR count). The smallest absolute Gasteiger partial charge is 0.410 e. The van der Waals surface area contributed by atoms with Gasteiger partial charge in [-0.1, -0.05) is 185 Å². The van der Waals surface area contributed by atoms with E-state index < -0.39 is 6.09 Å². The maximum atomic E-state index is 13.4. The van der Waals surface area contributed by atoms with E-state index in [0.717, 1.165) is 109 Å². The number of carbonyl (C=O) groups excluding carboxylic acids is 4. The van der Waals surface area contributed by atoms with Crippen molar-refractivity contribution in [3.63, 3.8) is 0 Å². The molecule has 3 atom stereocenters. The van der Waals surface area contributed by atoms with Crippen LogP contribution in [0.25, 0.3) is 0 Å². The van der Waals surface area contributed by atoms with Crippen molar-refractivity contribution in [3.8, 4) is 0 Å². The average molecular weight is 929 g/mol. The molecule has 1 aliphatic heterocycles. The highest BCUT2D eigenvalue weighted by atomic mass is 33.1. The van der Waals surface area contributed by atoms with E-state index in [9.17, 15) is 19.2 Å². The van der Waals surface area contributed by atoms with Crippen molar-refractivity contribution in [1.82, 2.24) is 9.80 Å². The van der Waals surface area contributed by atoms with Gasteiger partial charge < -0.3 is 28.7 Å². The number of ether oxygens (including phenoxy) is 4. The highest BCUT2D eigenvalue weighted by Gasteiger charge is 2.24. The Morgan fingerprint density at radius 3 is 1.46 bits per heavy atom. The molecule has 1 heterocycles. The van der Waals surface area contributed by atoms with Crippen molar-refractivity contribution in [1.29, 1.82) is 0 Å². The van der Waals surface area contributed by atoms with Crippen molar-refractivity contribution < 1.29 is 38.1 Å².